The molecule has 1 aliphatic rings. The highest BCUT2D eigenvalue weighted by molar-refractivity contribution is 7.18. The number of benzene rings is 3. The SMILES string of the molecule is O=c1c2c3c(sc2ncn1Cc1cccc(-c2ccccc2)c1)CC(Nc1ccc(F)cc1)CC3. The Morgan fingerprint density at radius 3 is 2.63 bits per heavy atom. The molecule has 6 rings (SSSR count). The molecule has 2 aromatic heterocycles. The van der Waals surface area contributed by atoms with Crippen molar-refractivity contribution in [1.82, 2.24) is 9.55 Å². The highest BCUT2D eigenvalue weighted by atomic mass is 32.1. The molecular weight excluding hydrogens is 457 g/mol. The molecule has 0 saturated heterocycles. The number of hydrogen-bond acceptors (Lipinski definition) is 4. The van der Waals surface area contributed by atoms with E-state index in [2.05, 4.69) is 40.6 Å². The highest BCUT2D eigenvalue weighted by Gasteiger charge is 2.25. The molecule has 6 heteroatoms. The average Bonchev–Trinajstić information content (AvgIpc) is 3.26. The van der Waals surface area contributed by atoms with Crippen LogP contribution in [0.15, 0.2) is 90.0 Å². The number of nitrogens with one attached hydrogen (secondary N) is 1. The molecule has 0 aliphatic heterocycles. The summed E-state index contributed by atoms with van der Waals surface area (Å²) in [5.41, 5.74) is 5.46. The first-order chi connectivity index (χ1) is 17.1. The van der Waals surface area contributed by atoms with E-state index in [1.807, 2.05) is 24.3 Å². The van der Waals surface area contributed by atoms with Crippen molar-refractivity contribution in [1.29, 1.82) is 0 Å². The second-order valence-electron chi connectivity index (χ2n) is 9.02. The molecule has 2 heterocycles. The van der Waals surface area contributed by atoms with Crippen molar-refractivity contribution in [2.24, 2.45) is 0 Å². The van der Waals surface area contributed by atoms with Gasteiger partial charge in [0.1, 0.15) is 10.6 Å². The standard InChI is InChI=1S/C29H24FN3OS/c30-22-9-11-23(12-10-22)32-24-13-14-25-26(16-24)35-28-27(25)29(34)33(18-31-28)17-19-5-4-8-21(15-19)20-6-2-1-3-7-20/h1-12,15,18,24,32H,13-14,16-17H2. The second-order valence-corrected chi connectivity index (χ2v) is 10.1. The first kappa shape index (κ1) is 21.7. The fourth-order valence-electron chi connectivity index (χ4n) is 4.90. The van der Waals surface area contributed by atoms with Crippen molar-refractivity contribution in [3.63, 3.8) is 0 Å². The van der Waals surface area contributed by atoms with E-state index in [1.165, 1.54) is 17.0 Å². The number of aromatic nitrogens is 2. The normalized spacial score (nSPS) is 15.2. The highest BCUT2D eigenvalue weighted by Crippen LogP contribution is 2.34. The minimum absolute atomic E-state index is 0.0301. The predicted molar refractivity (Wildman–Crippen MR) is 141 cm³/mol. The topological polar surface area (TPSA) is 46.9 Å². The molecule has 0 fully saturated rings. The number of anilines is 1. The van der Waals surface area contributed by atoms with Crippen molar-refractivity contribution in [3.8, 4) is 11.1 Å². The van der Waals surface area contributed by atoms with Crippen LogP contribution in [0.3, 0.4) is 0 Å². The van der Waals surface area contributed by atoms with Crippen LogP contribution in [0, 0.1) is 5.82 Å². The van der Waals surface area contributed by atoms with Crippen LogP contribution >= 0.6 is 11.3 Å². The van der Waals surface area contributed by atoms with Gasteiger partial charge in [-0.25, -0.2) is 9.37 Å². The van der Waals surface area contributed by atoms with Crippen molar-refractivity contribution in [3.05, 3.63) is 117 Å². The van der Waals surface area contributed by atoms with Gasteiger partial charge in [0, 0.05) is 23.0 Å². The van der Waals surface area contributed by atoms with Gasteiger partial charge in [0.15, 0.2) is 0 Å². The summed E-state index contributed by atoms with van der Waals surface area (Å²) in [5.74, 6) is -0.236. The summed E-state index contributed by atoms with van der Waals surface area (Å²) >= 11 is 1.62. The third-order valence-corrected chi connectivity index (χ3v) is 7.80. The van der Waals surface area contributed by atoms with E-state index in [9.17, 15) is 9.18 Å². The van der Waals surface area contributed by atoms with E-state index in [0.717, 1.165) is 57.4 Å². The third kappa shape index (κ3) is 4.37. The Labute approximate surface area is 206 Å². The molecule has 0 saturated carbocycles. The molecule has 0 radical (unpaired) electrons. The Hall–Kier alpha value is -3.77. The van der Waals surface area contributed by atoms with Gasteiger partial charge in [-0.1, -0.05) is 48.5 Å². The van der Waals surface area contributed by atoms with Crippen LogP contribution in [0.1, 0.15) is 22.4 Å². The van der Waals surface area contributed by atoms with Crippen LogP contribution < -0.4 is 10.9 Å². The van der Waals surface area contributed by atoms with Crippen LogP contribution in [-0.4, -0.2) is 15.6 Å². The smallest absolute Gasteiger partial charge is 0.262 e. The van der Waals surface area contributed by atoms with Crippen LogP contribution in [0.2, 0.25) is 0 Å². The van der Waals surface area contributed by atoms with Crippen LogP contribution in [0.4, 0.5) is 10.1 Å². The summed E-state index contributed by atoms with van der Waals surface area (Å²) in [7, 11) is 0. The summed E-state index contributed by atoms with van der Waals surface area (Å²) in [6.45, 7) is 0.488. The molecule has 1 N–H and O–H groups in total. The number of fused-ring (bicyclic) bond motifs is 3. The number of thiophene rings is 1. The first-order valence-electron chi connectivity index (χ1n) is 11.8. The predicted octanol–water partition coefficient (Wildman–Crippen LogP) is 6.28. The molecule has 174 valence electrons. The molecule has 4 nitrogen and oxygen atoms in total. The molecule has 0 amide bonds. The zero-order valence-corrected chi connectivity index (χ0v) is 19.9. The van der Waals surface area contributed by atoms with Gasteiger partial charge in [-0.15, -0.1) is 11.3 Å². The molecule has 0 bridgehead atoms. The molecule has 0 spiro atoms. The number of hydrogen-bond donors (Lipinski definition) is 1. The van der Waals surface area contributed by atoms with E-state index in [0.29, 0.717) is 6.54 Å². The van der Waals surface area contributed by atoms with Crippen LogP contribution in [0.25, 0.3) is 21.3 Å². The third-order valence-electron chi connectivity index (χ3n) is 6.64. The van der Waals surface area contributed by atoms with E-state index < -0.39 is 0 Å². The lowest BCUT2D eigenvalue weighted by Crippen LogP contribution is -2.27. The fourth-order valence-corrected chi connectivity index (χ4v) is 6.15. The Balaban J connectivity index is 1.26. The Morgan fingerprint density at radius 1 is 1.00 bits per heavy atom. The zero-order valence-electron chi connectivity index (χ0n) is 19.1. The second kappa shape index (κ2) is 9.12. The summed E-state index contributed by atoms with van der Waals surface area (Å²) in [4.78, 5) is 20.2. The number of rotatable bonds is 5. The Kier molecular flexibility index (Phi) is 5.66. The molecule has 1 unspecified atom stereocenters. The number of nitrogens with zero attached hydrogens (tertiary/aromatic N) is 2. The summed E-state index contributed by atoms with van der Waals surface area (Å²) < 4.78 is 14.9. The van der Waals surface area contributed by atoms with Gasteiger partial charge in [-0.2, -0.15) is 0 Å². The maximum absolute atomic E-state index is 13.5. The van der Waals surface area contributed by atoms with Gasteiger partial charge in [0.25, 0.3) is 5.56 Å². The lowest BCUT2D eigenvalue weighted by Gasteiger charge is -2.24. The van der Waals surface area contributed by atoms with E-state index in [1.54, 1.807) is 34.4 Å². The summed E-state index contributed by atoms with van der Waals surface area (Å²) in [5, 5.41) is 4.28. The lowest BCUT2D eigenvalue weighted by molar-refractivity contribution is 0.617. The number of halogens is 1. The van der Waals surface area contributed by atoms with Crippen molar-refractivity contribution >= 4 is 27.2 Å². The van der Waals surface area contributed by atoms with Gasteiger partial charge in [-0.3, -0.25) is 9.36 Å². The van der Waals surface area contributed by atoms with Crippen LogP contribution in [0.5, 0.6) is 0 Å². The van der Waals surface area contributed by atoms with Gasteiger partial charge in [0.05, 0.1) is 18.3 Å². The molecule has 5 aromatic rings. The van der Waals surface area contributed by atoms with E-state index in [4.69, 9.17) is 0 Å². The average molecular weight is 482 g/mol. The summed E-state index contributed by atoms with van der Waals surface area (Å²) in [6.07, 6.45) is 4.27. The number of aryl methyl sites for hydroxylation is 1. The van der Waals surface area contributed by atoms with Gasteiger partial charge in [0.2, 0.25) is 0 Å². The quantitative estimate of drug-likeness (QED) is 0.321. The lowest BCUT2D eigenvalue weighted by atomic mass is 9.93. The molecular formula is C29H24FN3OS. The monoisotopic (exact) mass is 481 g/mol. The van der Waals surface area contributed by atoms with Crippen molar-refractivity contribution in [2.75, 3.05) is 5.32 Å². The maximum Gasteiger partial charge on any atom is 0.262 e. The molecule has 3 aromatic carbocycles. The summed E-state index contributed by atoms with van der Waals surface area (Å²) in [6, 6.07) is 25.3. The first-order valence-corrected chi connectivity index (χ1v) is 12.6. The Bertz CT molecular complexity index is 1560. The zero-order chi connectivity index (χ0) is 23.8. The van der Waals surface area contributed by atoms with Crippen molar-refractivity contribution in [2.45, 2.75) is 31.8 Å². The maximum atomic E-state index is 13.5. The molecule has 1 aliphatic carbocycles. The van der Waals surface area contributed by atoms with Gasteiger partial charge < -0.3 is 5.32 Å². The minimum Gasteiger partial charge on any atom is -0.382 e. The Morgan fingerprint density at radius 2 is 1.80 bits per heavy atom. The fraction of sp³-hybridized carbons (Fsp3) is 0.172. The molecule has 35 heavy (non-hydrogen) atoms. The van der Waals surface area contributed by atoms with Crippen LogP contribution in [-0.2, 0) is 19.4 Å². The van der Waals surface area contributed by atoms with Crippen molar-refractivity contribution < 1.29 is 4.39 Å². The van der Waals surface area contributed by atoms with E-state index in [-0.39, 0.29) is 17.4 Å². The molecule has 1 atom stereocenters. The van der Waals surface area contributed by atoms with E-state index >= 15 is 0 Å². The largest absolute Gasteiger partial charge is 0.382 e. The van der Waals surface area contributed by atoms with Gasteiger partial charge in [-0.05, 0) is 65.4 Å². The minimum atomic E-state index is -0.236. The van der Waals surface area contributed by atoms with Gasteiger partial charge >= 0.3 is 0 Å².